The van der Waals surface area contributed by atoms with E-state index >= 15 is 0 Å². The summed E-state index contributed by atoms with van der Waals surface area (Å²) in [4.78, 5) is 0. The Kier molecular flexibility index (Phi) is 22.6. The van der Waals surface area contributed by atoms with E-state index in [2.05, 4.69) is 13.8 Å². The van der Waals surface area contributed by atoms with Crippen LogP contribution in [0.4, 0.5) is 0 Å². The minimum absolute atomic E-state index is 0. The van der Waals surface area contributed by atoms with E-state index in [0.717, 1.165) is 64.2 Å². The average Bonchev–Trinajstić information content (AvgIpc) is 2.54. The molecule has 6 heteroatoms. The van der Waals surface area contributed by atoms with Crippen molar-refractivity contribution in [2.24, 2.45) is 0 Å². The van der Waals surface area contributed by atoms with Crippen LogP contribution in [-0.4, -0.2) is 29.4 Å². The summed E-state index contributed by atoms with van der Waals surface area (Å²) < 4.78 is 34.3. The van der Waals surface area contributed by atoms with Gasteiger partial charge in [0.1, 0.15) is 0 Å². The Morgan fingerprint density at radius 3 is 1.54 bits per heavy atom. The summed E-state index contributed by atoms with van der Waals surface area (Å²) in [5, 5.41) is 8.97. The van der Waals surface area contributed by atoms with Gasteiger partial charge < -0.3 is 9.66 Å². The Balaban J connectivity index is 0. The molecule has 0 aliphatic heterocycles. The molecule has 0 aromatic rings. The Bertz CT molecular complexity index is 387. The first-order valence-electron chi connectivity index (χ1n) is 10.5. The van der Waals surface area contributed by atoms with Gasteiger partial charge in [0.05, 0.1) is 16.2 Å². The van der Waals surface area contributed by atoms with Crippen LogP contribution >= 0.6 is 0 Å². The molecule has 0 heterocycles. The summed E-state index contributed by atoms with van der Waals surface area (Å²) in [6, 6.07) is 0. The molecule has 0 aromatic carbocycles. The SMILES string of the molecule is CCCCCCCCCC(CCCCCCC(O)CCC)S(=O)(=O)[O-].[K+]. The van der Waals surface area contributed by atoms with Gasteiger partial charge >= 0.3 is 51.4 Å². The number of hydrogen-bond acceptors (Lipinski definition) is 4. The van der Waals surface area contributed by atoms with E-state index in [-0.39, 0.29) is 57.5 Å². The maximum atomic E-state index is 11.4. The first kappa shape index (κ1) is 29.7. The van der Waals surface area contributed by atoms with Crippen LogP contribution in [0.2, 0.25) is 0 Å². The molecule has 0 aromatic heterocycles. The molecule has 2 atom stereocenters. The molecule has 4 nitrogen and oxygen atoms in total. The predicted octanol–water partition coefficient (Wildman–Crippen LogP) is 2.55. The Hall–Kier alpha value is 1.51. The van der Waals surface area contributed by atoms with E-state index in [0.29, 0.717) is 12.8 Å². The first-order valence-corrected chi connectivity index (χ1v) is 12.0. The molecule has 26 heavy (non-hydrogen) atoms. The molecule has 0 aliphatic carbocycles. The molecule has 0 amide bonds. The molecule has 0 aliphatic rings. The zero-order chi connectivity index (χ0) is 19.0. The largest absolute Gasteiger partial charge is 1.00 e. The topological polar surface area (TPSA) is 77.4 Å². The third kappa shape index (κ3) is 18.9. The van der Waals surface area contributed by atoms with Gasteiger partial charge in [-0.1, -0.05) is 90.9 Å². The van der Waals surface area contributed by atoms with Gasteiger partial charge in [0.2, 0.25) is 0 Å². The van der Waals surface area contributed by atoms with Gasteiger partial charge in [-0.15, -0.1) is 0 Å². The molecule has 0 rings (SSSR count). The second kappa shape index (κ2) is 19.8. The molecule has 0 bridgehead atoms. The van der Waals surface area contributed by atoms with Gasteiger partial charge in [-0.25, -0.2) is 8.42 Å². The molecule has 0 radical (unpaired) electrons. The van der Waals surface area contributed by atoms with Crippen molar-refractivity contribution in [1.29, 1.82) is 0 Å². The summed E-state index contributed by atoms with van der Waals surface area (Å²) in [6.07, 6.45) is 15.2. The summed E-state index contributed by atoms with van der Waals surface area (Å²) in [7, 11) is -4.17. The molecule has 0 spiro atoms. The minimum Gasteiger partial charge on any atom is -0.748 e. The summed E-state index contributed by atoms with van der Waals surface area (Å²) in [5.74, 6) is 0. The normalized spacial score (nSPS) is 14.0. The molecule has 2 unspecified atom stereocenters. The van der Waals surface area contributed by atoms with E-state index in [9.17, 15) is 18.1 Å². The molecule has 152 valence electrons. The van der Waals surface area contributed by atoms with Crippen LogP contribution < -0.4 is 51.4 Å². The quantitative estimate of drug-likeness (QED) is 0.212. The smallest absolute Gasteiger partial charge is 0.748 e. The number of aliphatic hydroxyl groups excluding tert-OH is 1. The van der Waals surface area contributed by atoms with Crippen molar-refractivity contribution in [3.63, 3.8) is 0 Å². The van der Waals surface area contributed by atoms with Gasteiger partial charge in [0.25, 0.3) is 0 Å². The molecule has 0 saturated carbocycles. The van der Waals surface area contributed by atoms with Crippen LogP contribution in [0.25, 0.3) is 0 Å². The number of hydrogen-bond donors (Lipinski definition) is 1. The van der Waals surface area contributed by atoms with E-state index in [4.69, 9.17) is 0 Å². The number of unbranched alkanes of at least 4 members (excludes halogenated alkanes) is 9. The second-order valence-corrected chi connectivity index (χ2v) is 9.11. The van der Waals surface area contributed by atoms with Crippen LogP contribution in [0, 0.1) is 0 Å². The van der Waals surface area contributed by atoms with Crippen LogP contribution in [0.1, 0.15) is 117 Å². The van der Waals surface area contributed by atoms with Gasteiger partial charge in [-0.2, -0.15) is 0 Å². The Morgan fingerprint density at radius 2 is 1.12 bits per heavy atom. The predicted molar refractivity (Wildman–Crippen MR) is 105 cm³/mol. The zero-order valence-corrected chi connectivity index (χ0v) is 21.5. The standard InChI is InChI=1S/C20H42O4S.K/c1-3-5-6-7-8-9-13-17-20(25(22,23)24)18-14-11-10-12-16-19(21)15-4-2;/h19-21H,3-18H2,1-2H3,(H,22,23,24);/q;+1/p-1. The van der Waals surface area contributed by atoms with Gasteiger partial charge in [-0.3, -0.25) is 0 Å². The van der Waals surface area contributed by atoms with Crippen molar-refractivity contribution in [3.8, 4) is 0 Å². The van der Waals surface area contributed by atoms with Crippen molar-refractivity contribution >= 4 is 10.1 Å². The summed E-state index contributed by atoms with van der Waals surface area (Å²) >= 11 is 0. The van der Waals surface area contributed by atoms with E-state index in [1.807, 2.05) is 0 Å². The fourth-order valence-electron chi connectivity index (χ4n) is 3.35. The summed E-state index contributed by atoms with van der Waals surface area (Å²) in [5.41, 5.74) is 0. The van der Waals surface area contributed by atoms with Crippen molar-refractivity contribution < 1.29 is 69.5 Å². The second-order valence-electron chi connectivity index (χ2n) is 7.46. The Morgan fingerprint density at radius 1 is 0.692 bits per heavy atom. The fourth-order valence-corrected chi connectivity index (χ4v) is 4.26. The maximum absolute atomic E-state index is 11.4. The van der Waals surface area contributed by atoms with Crippen LogP contribution in [0.15, 0.2) is 0 Å². The molecule has 0 fully saturated rings. The van der Waals surface area contributed by atoms with Gasteiger partial charge in [-0.05, 0) is 25.7 Å². The van der Waals surface area contributed by atoms with Crippen molar-refractivity contribution in [1.82, 2.24) is 0 Å². The minimum atomic E-state index is -4.17. The first-order chi connectivity index (χ1) is 11.9. The van der Waals surface area contributed by atoms with E-state index in [1.165, 1.54) is 25.7 Å². The van der Waals surface area contributed by atoms with Crippen LogP contribution in [0.5, 0.6) is 0 Å². The Labute approximate surface area is 205 Å². The average molecular weight is 417 g/mol. The van der Waals surface area contributed by atoms with Crippen LogP contribution in [-0.2, 0) is 10.1 Å². The number of aliphatic hydroxyl groups is 1. The number of rotatable bonds is 18. The molecular weight excluding hydrogens is 375 g/mol. The van der Waals surface area contributed by atoms with Crippen LogP contribution in [0.3, 0.4) is 0 Å². The molecule has 1 N–H and O–H groups in total. The third-order valence-electron chi connectivity index (χ3n) is 4.97. The van der Waals surface area contributed by atoms with Crippen molar-refractivity contribution in [2.45, 2.75) is 128 Å². The van der Waals surface area contributed by atoms with E-state index in [1.54, 1.807) is 0 Å². The third-order valence-corrected chi connectivity index (χ3v) is 6.26. The molecule has 0 saturated heterocycles. The van der Waals surface area contributed by atoms with E-state index < -0.39 is 15.4 Å². The summed E-state index contributed by atoms with van der Waals surface area (Å²) in [6.45, 7) is 4.26. The maximum Gasteiger partial charge on any atom is 1.00 e. The van der Waals surface area contributed by atoms with Crippen molar-refractivity contribution in [3.05, 3.63) is 0 Å². The fraction of sp³-hybridized carbons (Fsp3) is 1.00. The van der Waals surface area contributed by atoms with Gasteiger partial charge in [0.15, 0.2) is 0 Å². The van der Waals surface area contributed by atoms with Gasteiger partial charge in [0, 0.05) is 5.25 Å². The monoisotopic (exact) mass is 416 g/mol. The zero-order valence-electron chi connectivity index (χ0n) is 17.5. The molecular formula is C20H41KO4S. The van der Waals surface area contributed by atoms with Crippen molar-refractivity contribution in [2.75, 3.05) is 0 Å².